The maximum Gasteiger partial charge on any atom is 0.319 e. The van der Waals surface area contributed by atoms with Gasteiger partial charge in [-0.15, -0.1) is 11.3 Å². The van der Waals surface area contributed by atoms with Gasteiger partial charge >= 0.3 is 6.03 Å². The first kappa shape index (κ1) is 18.6. The zero-order chi connectivity index (χ0) is 19.8. The van der Waals surface area contributed by atoms with Crippen LogP contribution in [-0.4, -0.2) is 16.0 Å². The van der Waals surface area contributed by atoms with E-state index in [1.807, 2.05) is 49.6 Å². The molecule has 3 heterocycles. The molecule has 1 aliphatic heterocycles. The number of urea groups is 1. The lowest BCUT2D eigenvalue weighted by atomic mass is 9.97. The normalized spacial score (nSPS) is 16.7. The molecule has 28 heavy (non-hydrogen) atoms. The lowest BCUT2D eigenvalue weighted by Gasteiger charge is -2.28. The van der Waals surface area contributed by atoms with Gasteiger partial charge in [-0.05, 0) is 59.1 Å². The van der Waals surface area contributed by atoms with Crippen LogP contribution >= 0.6 is 27.3 Å². The smallest absolute Gasteiger partial charge is 0.319 e. The van der Waals surface area contributed by atoms with E-state index in [4.69, 9.17) is 10.7 Å². The Morgan fingerprint density at radius 1 is 1.21 bits per heavy atom. The number of pyridine rings is 1. The van der Waals surface area contributed by atoms with E-state index < -0.39 is 0 Å². The number of nitrogens with zero attached hydrogens (tertiary/aromatic N) is 2. The Morgan fingerprint density at radius 3 is 2.75 bits per heavy atom. The monoisotopic (exact) mass is 455 g/mol. The summed E-state index contributed by atoms with van der Waals surface area (Å²) in [5.74, 6) is 0. The van der Waals surface area contributed by atoms with Crippen molar-refractivity contribution in [2.75, 3.05) is 5.73 Å². The maximum absolute atomic E-state index is 12.1. The summed E-state index contributed by atoms with van der Waals surface area (Å²) in [5, 5.41) is 8.72. The molecule has 0 saturated carbocycles. The Balaban J connectivity index is 1.77. The topological polar surface area (TPSA) is 92.9 Å². The third-order valence-corrected chi connectivity index (χ3v) is 5.96. The fraction of sp³-hybridized carbons (Fsp3) is 0.150. The van der Waals surface area contributed by atoms with E-state index >= 15 is 0 Å². The molecule has 0 fully saturated rings. The molecule has 2 aromatic heterocycles. The van der Waals surface area contributed by atoms with Crippen LogP contribution in [0.2, 0.25) is 0 Å². The summed E-state index contributed by atoms with van der Waals surface area (Å²) >= 11 is 4.90. The number of hydrogen-bond donors (Lipinski definition) is 3. The van der Waals surface area contributed by atoms with E-state index in [9.17, 15) is 4.79 Å². The first-order chi connectivity index (χ1) is 13.4. The number of benzene rings is 1. The fourth-order valence-electron chi connectivity index (χ4n) is 3.28. The second-order valence-electron chi connectivity index (χ2n) is 6.60. The lowest BCUT2D eigenvalue weighted by molar-refractivity contribution is 0.240. The molecular weight excluding hydrogens is 438 g/mol. The Hall–Kier alpha value is -2.71. The molecule has 0 aliphatic carbocycles. The highest BCUT2D eigenvalue weighted by Gasteiger charge is 2.29. The van der Waals surface area contributed by atoms with Gasteiger partial charge in [0.25, 0.3) is 0 Å². The maximum atomic E-state index is 12.1. The number of nitrogens with one attached hydrogen (secondary N) is 2. The van der Waals surface area contributed by atoms with Crippen LogP contribution in [0.4, 0.5) is 10.5 Å². The number of nitrogen functional groups attached to an aromatic ring is 1. The van der Waals surface area contributed by atoms with Crippen LogP contribution in [0.1, 0.15) is 29.1 Å². The predicted molar refractivity (Wildman–Crippen MR) is 116 cm³/mol. The van der Waals surface area contributed by atoms with Crippen LogP contribution in [0, 0.1) is 6.92 Å². The highest BCUT2D eigenvalue weighted by atomic mass is 79.9. The van der Waals surface area contributed by atoms with Crippen molar-refractivity contribution in [1.29, 1.82) is 0 Å². The summed E-state index contributed by atoms with van der Waals surface area (Å²) in [7, 11) is 0. The fourth-order valence-corrected chi connectivity index (χ4v) is 4.47. The molecule has 4 N–H and O–H groups in total. The Labute approximate surface area is 175 Å². The van der Waals surface area contributed by atoms with Crippen LogP contribution in [0.25, 0.3) is 16.8 Å². The lowest BCUT2D eigenvalue weighted by Crippen LogP contribution is -2.42. The van der Waals surface area contributed by atoms with Crippen LogP contribution in [-0.2, 0) is 0 Å². The molecule has 4 rings (SSSR count). The minimum Gasteiger partial charge on any atom is -0.399 e. The molecule has 6 nitrogen and oxygen atoms in total. The van der Waals surface area contributed by atoms with Gasteiger partial charge in [-0.2, -0.15) is 0 Å². The number of rotatable bonds is 3. The van der Waals surface area contributed by atoms with E-state index in [-0.39, 0.29) is 12.1 Å². The molecule has 142 valence electrons. The highest BCUT2D eigenvalue weighted by molar-refractivity contribution is 9.10. The molecule has 0 bridgehead atoms. The molecule has 0 radical (unpaired) electrons. The van der Waals surface area contributed by atoms with Gasteiger partial charge in [-0.25, -0.2) is 14.8 Å². The third kappa shape index (κ3) is 3.53. The minimum atomic E-state index is -0.319. The van der Waals surface area contributed by atoms with Crippen molar-refractivity contribution in [2.24, 2.45) is 0 Å². The van der Waals surface area contributed by atoms with Crippen LogP contribution in [0.5, 0.6) is 0 Å². The molecule has 3 aromatic rings. The van der Waals surface area contributed by atoms with Crippen LogP contribution in [0.15, 0.2) is 52.2 Å². The van der Waals surface area contributed by atoms with Gasteiger partial charge in [0.2, 0.25) is 0 Å². The largest absolute Gasteiger partial charge is 0.399 e. The number of amides is 2. The molecule has 0 saturated heterocycles. The van der Waals surface area contributed by atoms with Crippen molar-refractivity contribution in [3.05, 3.63) is 68.3 Å². The first-order valence-electron chi connectivity index (χ1n) is 8.64. The summed E-state index contributed by atoms with van der Waals surface area (Å²) in [4.78, 5) is 21.3. The number of hydrogen-bond acceptors (Lipinski definition) is 5. The first-order valence-corrected chi connectivity index (χ1v) is 10.3. The zero-order valence-corrected chi connectivity index (χ0v) is 17.7. The molecule has 2 amide bonds. The van der Waals surface area contributed by atoms with Crippen molar-refractivity contribution in [1.82, 2.24) is 20.6 Å². The molecule has 1 atom stereocenters. The summed E-state index contributed by atoms with van der Waals surface area (Å²) in [6.45, 7) is 3.91. The van der Waals surface area contributed by atoms with Crippen molar-refractivity contribution in [2.45, 2.75) is 19.9 Å². The molecule has 1 unspecified atom stereocenters. The van der Waals surface area contributed by atoms with E-state index in [1.165, 1.54) is 0 Å². The predicted octanol–water partition coefficient (Wildman–Crippen LogP) is 4.64. The molecular formula is C20H18BrN5OS. The van der Waals surface area contributed by atoms with Crippen LogP contribution < -0.4 is 16.4 Å². The van der Waals surface area contributed by atoms with Gasteiger partial charge in [0.05, 0.1) is 11.7 Å². The second kappa shape index (κ2) is 7.37. The number of carbonyl (C=O) groups excluding carboxylic acids is 1. The number of allylic oxidation sites excluding steroid dienone is 1. The summed E-state index contributed by atoms with van der Waals surface area (Å²) < 4.78 is 0.745. The molecule has 1 aliphatic rings. The number of aromatic nitrogens is 2. The van der Waals surface area contributed by atoms with Crippen molar-refractivity contribution < 1.29 is 4.79 Å². The zero-order valence-electron chi connectivity index (χ0n) is 15.3. The van der Waals surface area contributed by atoms with E-state index in [0.717, 1.165) is 49.0 Å². The van der Waals surface area contributed by atoms with Gasteiger partial charge in [-0.1, -0.05) is 12.1 Å². The summed E-state index contributed by atoms with van der Waals surface area (Å²) in [6, 6.07) is 9.06. The molecule has 0 spiro atoms. The Morgan fingerprint density at radius 2 is 2.04 bits per heavy atom. The SMILES string of the molecule is CC1=C(c2nc(-c3ccc(N)cc3C)cs2)C(c2ccc(Br)nc2)NC(=O)N1. The highest BCUT2D eigenvalue weighted by Crippen LogP contribution is 2.37. The van der Waals surface area contributed by atoms with Crippen molar-refractivity contribution in [3.8, 4) is 11.3 Å². The van der Waals surface area contributed by atoms with Crippen LogP contribution in [0.3, 0.4) is 0 Å². The summed E-state index contributed by atoms with van der Waals surface area (Å²) in [5.41, 5.74) is 12.2. The quantitative estimate of drug-likeness (QED) is 0.395. The van der Waals surface area contributed by atoms with Gasteiger partial charge in [0.1, 0.15) is 9.61 Å². The second-order valence-corrected chi connectivity index (χ2v) is 8.27. The van der Waals surface area contributed by atoms with Gasteiger partial charge in [0, 0.05) is 34.1 Å². The van der Waals surface area contributed by atoms with Gasteiger partial charge < -0.3 is 16.4 Å². The van der Waals surface area contributed by atoms with E-state index in [0.29, 0.717) is 0 Å². The van der Waals surface area contributed by atoms with Crippen molar-refractivity contribution in [3.63, 3.8) is 0 Å². The number of halogens is 1. The van der Waals surface area contributed by atoms with Gasteiger partial charge in [0.15, 0.2) is 0 Å². The Kier molecular flexibility index (Phi) is 4.91. The van der Waals surface area contributed by atoms with E-state index in [2.05, 4.69) is 31.5 Å². The van der Waals surface area contributed by atoms with E-state index in [1.54, 1.807) is 17.5 Å². The Bertz CT molecular complexity index is 1090. The number of anilines is 1. The minimum absolute atomic E-state index is 0.236. The number of carbonyl (C=O) groups is 1. The molecule has 8 heteroatoms. The average molecular weight is 456 g/mol. The third-order valence-electron chi connectivity index (χ3n) is 4.61. The molecule has 1 aromatic carbocycles. The standard InChI is InChI=1S/C20H18BrN5OS/c1-10-7-13(22)4-5-14(10)15-9-28-19(25-15)17-11(2)24-20(27)26-18(17)12-3-6-16(21)23-8-12/h3-9,18H,22H2,1-2H3,(H2,24,26,27). The van der Waals surface area contributed by atoms with Crippen molar-refractivity contribution >= 4 is 44.6 Å². The number of thiazole rings is 1. The number of nitrogens with two attached hydrogens (primary N) is 1. The summed E-state index contributed by atoms with van der Waals surface area (Å²) in [6.07, 6.45) is 1.76. The average Bonchev–Trinajstić information content (AvgIpc) is 3.11. The number of aryl methyl sites for hydroxylation is 1. The van der Waals surface area contributed by atoms with Gasteiger partial charge in [-0.3, -0.25) is 0 Å².